The van der Waals surface area contributed by atoms with E-state index in [0.717, 1.165) is 154 Å². The number of aliphatic hydroxyl groups is 1. The van der Waals surface area contributed by atoms with Crippen LogP contribution in [0.5, 0.6) is 0 Å². The van der Waals surface area contributed by atoms with Gasteiger partial charge in [0.2, 0.25) is 0 Å². The summed E-state index contributed by atoms with van der Waals surface area (Å²) in [5, 5.41) is 10.6. The number of ether oxygens (including phenoxy) is 4. The first-order valence-corrected chi connectivity index (χ1v) is 41.7. The summed E-state index contributed by atoms with van der Waals surface area (Å²) in [6, 6.07) is 0. The van der Waals surface area contributed by atoms with Gasteiger partial charge in [-0.05, 0) is 128 Å². The molecule has 0 saturated carbocycles. The average molecular weight is 1470 g/mol. The number of hydrogen-bond acceptors (Lipinski definition) is 15. The Hall–Kier alpha value is -5.32. The molecule has 580 valence electrons. The van der Waals surface area contributed by atoms with Crippen LogP contribution in [0.15, 0.2) is 158 Å². The van der Waals surface area contributed by atoms with Gasteiger partial charge in [0.05, 0.1) is 32.8 Å². The van der Waals surface area contributed by atoms with Gasteiger partial charge in [-0.3, -0.25) is 37.3 Å². The lowest BCUT2D eigenvalue weighted by Crippen LogP contribution is -2.30. The number of rotatable bonds is 71. The van der Waals surface area contributed by atoms with Crippen molar-refractivity contribution in [2.24, 2.45) is 0 Å². The number of carbonyl (C=O) groups excluding carboxylic acids is 4. The Morgan fingerprint density at radius 2 is 0.549 bits per heavy atom. The molecule has 0 aliphatic heterocycles. The molecule has 0 heterocycles. The van der Waals surface area contributed by atoms with Crippen molar-refractivity contribution in [3.63, 3.8) is 0 Å². The minimum absolute atomic E-state index is 0.0847. The summed E-state index contributed by atoms with van der Waals surface area (Å²) >= 11 is 0. The van der Waals surface area contributed by atoms with E-state index in [0.29, 0.717) is 25.7 Å². The first-order valence-electron chi connectivity index (χ1n) is 38.7. The summed E-state index contributed by atoms with van der Waals surface area (Å²) in [7, 11) is -10.0. The standard InChI is InChI=1S/C83H136O17P2/c1-5-9-13-17-21-25-29-33-36-38-41-44-47-51-55-59-63-67-80(85)93-73-78(99-82(87)69-65-61-57-53-49-43-32-28-24-20-16-12-8-4)75-97-101(89,90)95-71-77(84)72-96-102(91,92)98-76-79(100-83(88)70-66-62-58-54-50-46-40-35-31-27-23-19-15-11-7-3)74-94-81(86)68-64-60-56-52-48-45-42-39-37-34-30-26-22-18-14-10-6-2/h9-11,13-15,21-23,25-27,33-37,40-42,44-45,50,54,62,66,77-79,84H,5-8,12,16-20,24,28-32,38-39,43,46-49,51-53,55-61,63-65,67-76H2,1-4H3,(H,89,90)(H,91,92)/b13-9-,14-10-,15-11-,25-21-,26-22-,27-23-,36-33-,37-34-,40-35-,44-41-,45-42-,54-50-,66-62-. The second kappa shape index (κ2) is 74.0. The van der Waals surface area contributed by atoms with Crippen LogP contribution < -0.4 is 0 Å². The number of phosphoric acid groups is 2. The van der Waals surface area contributed by atoms with Crippen molar-refractivity contribution in [2.45, 2.75) is 303 Å². The molecule has 3 N–H and O–H groups in total. The molecule has 19 heteroatoms. The molecule has 0 bridgehead atoms. The number of allylic oxidation sites excluding steroid dienone is 25. The molecular formula is C83H136O17P2. The van der Waals surface area contributed by atoms with Crippen LogP contribution in [0.2, 0.25) is 0 Å². The van der Waals surface area contributed by atoms with E-state index < -0.39 is 97.5 Å². The van der Waals surface area contributed by atoms with Gasteiger partial charge < -0.3 is 33.8 Å². The largest absolute Gasteiger partial charge is 0.472 e. The smallest absolute Gasteiger partial charge is 0.462 e. The molecular weight excluding hydrogens is 1330 g/mol. The van der Waals surface area contributed by atoms with Crippen molar-refractivity contribution >= 4 is 39.5 Å². The van der Waals surface area contributed by atoms with E-state index in [4.69, 9.17) is 37.0 Å². The summed E-state index contributed by atoms with van der Waals surface area (Å²) in [6.07, 6.45) is 85.5. The molecule has 0 spiro atoms. The Bertz CT molecular complexity index is 2550. The molecule has 102 heavy (non-hydrogen) atoms. The van der Waals surface area contributed by atoms with Gasteiger partial charge in [-0.15, -0.1) is 0 Å². The van der Waals surface area contributed by atoms with Gasteiger partial charge in [-0.2, -0.15) is 0 Å². The van der Waals surface area contributed by atoms with Gasteiger partial charge in [0.1, 0.15) is 19.3 Å². The fourth-order valence-electron chi connectivity index (χ4n) is 9.75. The molecule has 5 atom stereocenters. The molecule has 0 radical (unpaired) electrons. The number of carbonyl (C=O) groups is 4. The first kappa shape index (κ1) is 96.7. The van der Waals surface area contributed by atoms with Gasteiger partial charge >= 0.3 is 39.5 Å². The Balaban J connectivity index is 5.46. The first-order chi connectivity index (χ1) is 49.7. The van der Waals surface area contributed by atoms with Crippen LogP contribution in [0.3, 0.4) is 0 Å². The third-order valence-corrected chi connectivity index (χ3v) is 17.4. The van der Waals surface area contributed by atoms with E-state index in [1.165, 1.54) is 51.4 Å². The van der Waals surface area contributed by atoms with Crippen LogP contribution in [0.4, 0.5) is 0 Å². The highest BCUT2D eigenvalue weighted by atomic mass is 31.2. The lowest BCUT2D eigenvalue weighted by Gasteiger charge is -2.21. The lowest BCUT2D eigenvalue weighted by molar-refractivity contribution is -0.161. The van der Waals surface area contributed by atoms with Gasteiger partial charge in [0, 0.05) is 19.3 Å². The molecule has 5 unspecified atom stereocenters. The second-order valence-electron chi connectivity index (χ2n) is 25.2. The monoisotopic (exact) mass is 1470 g/mol. The Labute approximate surface area is 617 Å². The topological polar surface area (TPSA) is 237 Å². The van der Waals surface area contributed by atoms with Crippen molar-refractivity contribution in [2.75, 3.05) is 39.6 Å². The molecule has 0 fully saturated rings. The number of hydrogen-bond donors (Lipinski definition) is 3. The Morgan fingerprint density at radius 1 is 0.294 bits per heavy atom. The predicted molar refractivity (Wildman–Crippen MR) is 417 cm³/mol. The third kappa shape index (κ3) is 73.0. The van der Waals surface area contributed by atoms with Crippen molar-refractivity contribution in [1.82, 2.24) is 0 Å². The molecule has 0 aromatic rings. The highest BCUT2D eigenvalue weighted by Gasteiger charge is 2.30. The summed E-state index contributed by atoms with van der Waals surface area (Å²) in [4.78, 5) is 72.9. The Kier molecular flexibility index (Phi) is 70.1. The van der Waals surface area contributed by atoms with Crippen LogP contribution in [-0.2, 0) is 65.4 Å². The van der Waals surface area contributed by atoms with Crippen LogP contribution in [0.25, 0.3) is 0 Å². The van der Waals surface area contributed by atoms with E-state index in [2.05, 4.69) is 161 Å². The highest BCUT2D eigenvalue weighted by molar-refractivity contribution is 7.47. The van der Waals surface area contributed by atoms with Gasteiger partial charge in [0.25, 0.3) is 0 Å². The lowest BCUT2D eigenvalue weighted by atomic mass is 10.0. The summed E-state index contributed by atoms with van der Waals surface area (Å²) in [6.45, 7) is 4.35. The summed E-state index contributed by atoms with van der Waals surface area (Å²) in [5.74, 6) is -2.38. The van der Waals surface area contributed by atoms with Crippen LogP contribution >= 0.6 is 15.6 Å². The van der Waals surface area contributed by atoms with E-state index in [1.54, 1.807) is 12.2 Å². The number of phosphoric ester groups is 2. The molecule has 0 aromatic carbocycles. The van der Waals surface area contributed by atoms with Crippen molar-refractivity contribution in [3.8, 4) is 0 Å². The molecule has 0 amide bonds. The van der Waals surface area contributed by atoms with E-state index in [-0.39, 0.29) is 25.7 Å². The average Bonchev–Trinajstić information content (AvgIpc) is 0.907. The van der Waals surface area contributed by atoms with Crippen molar-refractivity contribution in [1.29, 1.82) is 0 Å². The highest BCUT2D eigenvalue weighted by Crippen LogP contribution is 2.45. The molecule has 0 aliphatic carbocycles. The number of esters is 4. The van der Waals surface area contributed by atoms with Gasteiger partial charge in [-0.1, -0.05) is 288 Å². The Morgan fingerprint density at radius 3 is 0.873 bits per heavy atom. The van der Waals surface area contributed by atoms with Crippen LogP contribution in [-0.4, -0.2) is 96.7 Å². The zero-order chi connectivity index (χ0) is 74.6. The molecule has 0 rings (SSSR count). The van der Waals surface area contributed by atoms with Crippen molar-refractivity contribution in [3.05, 3.63) is 158 Å². The van der Waals surface area contributed by atoms with Crippen LogP contribution in [0, 0.1) is 0 Å². The zero-order valence-electron chi connectivity index (χ0n) is 63.2. The normalized spacial score (nSPS) is 14.8. The zero-order valence-corrected chi connectivity index (χ0v) is 65.0. The fourth-order valence-corrected chi connectivity index (χ4v) is 11.3. The quantitative estimate of drug-likeness (QED) is 0.0169. The predicted octanol–water partition coefficient (Wildman–Crippen LogP) is 22.4. The van der Waals surface area contributed by atoms with Gasteiger partial charge in [-0.25, -0.2) is 9.13 Å². The van der Waals surface area contributed by atoms with Crippen molar-refractivity contribution < 1.29 is 80.2 Å². The number of aliphatic hydroxyl groups excluding tert-OH is 1. The second-order valence-corrected chi connectivity index (χ2v) is 28.1. The fraction of sp³-hybridized carbons (Fsp3) is 0.639. The molecule has 0 aliphatic rings. The molecule has 0 aromatic heterocycles. The summed E-state index contributed by atoms with van der Waals surface area (Å²) in [5.41, 5.74) is 0. The minimum atomic E-state index is -5.01. The minimum Gasteiger partial charge on any atom is -0.462 e. The van der Waals surface area contributed by atoms with E-state index in [9.17, 15) is 43.2 Å². The maximum Gasteiger partial charge on any atom is 0.472 e. The molecule has 0 saturated heterocycles. The number of unbranched alkanes of at least 4 members (excludes halogenated alkanes) is 20. The third-order valence-electron chi connectivity index (χ3n) is 15.5. The van der Waals surface area contributed by atoms with E-state index >= 15 is 0 Å². The van der Waals surface area contributed by atoms with Crippen LogP contribution in [0.1, 0.15) is 285 Å². The SMILES string of the molecule is CC/C=C\C/C=C\C/C=C\C/C=C\C/C=C\CC(=O)OC(COC(=O)CCCCCC/C=C\C/C=C\C/C=C\C/C=C\CC)COP(=O)(O)OCC(O)COP(=O)(O)OCC(COC(=O)CCCCCC/C=C\C/C=C\C/C=C\C/C=C\CC)OC(=O)CCCCCCCCCCCCCCC. The maximum atomic E-state index is 13.1. The molecule has 17 nitrogen and oxygen atoms in total. The van der Waals surface area contributed by atoms with Gasteiger partial charge in [0.15, 0.2) is 12.2 Å². The van der Waals surface area contributed by atoms with E-state index in [1.807, 2.05) is 12.2 Å². The summed E-state index contributed by atoms with van der Waals surface area (Å²) < 4.78 is 68.4. The maximum absolute atomic E-state index is 13.1.